The van der Waals surface area contributed by atoms with Crippen molar-refractivity contribution in [3.05, 3.63) is 71.8 Å². The van der Waals surface area contributed by atoms with E-state index in [1.165, 1.54) is 0 Å². The van der Waals surface area contributed by atoms with E-state index < -0.39 is 5.60 Å². The number of cyclic esters (lactones) is 1. The van der Waals surface area contributed by atoms with Crippen LogP contribution in [-0.4, -0.2) is 18.2 Å². The summed E-state index contributed by atoms with van der Waals surface area (Å²) in [6.45, 7) is 1.97. The summed E-state index contributed by atoms with van der Waals surface area (Å²) in [4.78, 5) is 16.2. The van der Waals surface area contributed by atoms with Crippen molar-refractivity contribution in [2.24, 2.45) is 4.99 Å². The molecular weight excluding hydrogens is 250 g/mol. The molecule has 0 spiro atoms. The minimum absolute atomic E-state index is 0.0760. The van der Waals surface area contributed by atoms with E-state index in [4.69, 9.17) is 4.74 Å². The van der Waals surface area contributed by atoms with Crippen LogP contribution in [0.15, 0.2) is 65.7 Å². The molecule has 1 aliphatic heterocycles. The SMILES string of the molecule is C[C@@]1(c2ccccc2)OC(=O)CN=C1c1ccccc1. The number of benzene rings is 2. The number of aliphatic imine (C=N–C) groups is 1. The van der Waals surface area contributed by atoms with E-state index in [1.807, 2.05) is 67.6 Å². The van der Waals surface area contributed by atoms with E-state index in [9.17, 15) is 4.79 Å². The minimum Gasteiger partial charge on any atom is -0.446 e. The molecule has 0 unspecified atom stereocenters. The number of rotatable bonds is 2. The van der Waals surface area contributed by atoms with Gasteiger partial charge >= 0.3 is 5.97 Å². The Balaban J connectivity index is 2.13. The van der Waals surface area contributed by atoms with Crippen molar-refractivity contribution in [2.45, 2.75) is 12.5 Å². The lowest BCUT2D eigenvalue weighted by Gasteiger charge is -2.34. The molecule has 20 heavy (non-hydrogen) atoms. The Morgan fingerprint density at radius 1 is 1.00 bits per heavy atom. The maximum atomic E-state index is 11.7. The third-order valence-electron chi connectivity index (χ3n) is 3.51. The zero-order chi connectivity index (χ0) is 14.0. The highest BCUT2D eigenvalue weighted by molar-refractivity contribution is 6.09. The van der Waals surface area contributed by atoms with Crippen molar-refractivity contribution in [3.8, 4) is 0 Å². The molecule has 3 heteroatoms. The van der Waals surface area contributed by atoms with Gasteiger partial charge in [-0.15, -0.1) is 0 Å². The largest absolute Gasteiger partial charge is 0.446 e. The molecule has 0 saturated carbocycles. The Bertz CT molecular complexity index is 649. The van der Waals surface area contributed by atoms with E-state index in [1.54, 1.807) is 0 Å². The molecule has 100 valence electrons. The topological polar surface area (TPSA) is 38.7 Å². The van der Waals surface area contributed by atoms with Gasteiger partial charge in [-0.2, -0.15) is 0 Å². The number of nitrogens with zero attached hydrogens (tertiary/aromatic N) is 1. The van der Waals surface area contributed by atoms with Gasteiger partial charge in [-0.1, -0.05) is 60.7 Å². The first kappa shape index (κ1) is 12.6. The van der Waals surface area contributed by atoms with Gasteiger partial charge in [-0.25, -0.2) is 0 Å². The molecule has 1 aliphatic rings. The number of carbonyl (C=O) groups is 1. The maximum absolute atomic E-state index is 11.7. The van der Waals surface area contributed by atoms with Crippen LogP contribution in [0.5, 0.6) is 0 Å². The third-order valence-corrected chi connectivity index (χ3v) is 3.51. The average molecular weight is 265 g/mol. The fourth-order valence-corrected chi connectivity index (χ4v) is 2.52. The summed E-state index contributed by atoms with van der Waals surface area (Å²) in [5, 5.41) is 0. The molecule has 0 bridgehead atoms. The molecule has 0 fully saturated rings. The monoisotopic (exact) mass is 265 g/mol. The molecule has 3 nitrogen and oxygen atoms in total. The van der Waals surface area contributed by atoms with Crippen molar-refractivity contribution in [1.82, 2.24) is 0 Å². The Kier molecular flexibility index (Phi) is 3.11. The number of hydrogen-bond acceptors (Lipinski definition) is 3. The van der Waals surface area contributed by atoms with E-state index >= 15 is 0 Å². The minimum atomic E-state index is -0.835. The molecule has 1 atom stereocenters. The van der Waals surface area contributed by atoms with Gasteiger partial charge in [0.25, 0.3) is 0 Å². The first-order valence-corrected chi connectivity index (χ1v) is 6.58. The summed E-state index contributed by atoms with van der Waals surface area (Å²) in [5.74, 6) is -0.295. The van der Waals surface area contributed by atoms with Gasteiger partial charge in [0.05, 0.1) is 5.71 Å². The zero-order valence-electron chi connectivity index (χ0n) is 11.2. The fourth-order valence-electron chi connectivity index (χ4n) is 2.52. The van der Waals surface area contributed by atoms with E-state index in [0.29, 0.717) is 0 Å². The van der Waals surface area contributed by atoms with Crippen LogP contribution >= 0.6 is 0 Å². The Hall–Kier alpha value is -2.42. The van der Waals surface area contributed by atoms with E-state index in [0.717, 1.165) is 16.8 Å². The van der Waals surface area contributed by atoms with Crippen molar-refractivity contribution in [1.29, 1.82) is 0 Å². The third kappa shape index (κ3) is 2.11. The smallest absolute Gasteiger partial charge is 0.328 e. The predicted octanol–water partition coefficient (Wildman–Crippen LogP) is 2.95. The Labute approximate surface area is 117 Å². The summed E-state index contributed by atoms with van der Waals surface area (Å²) >= 11 is 0. The van der Waals surface area contributed by atoms with Crippen molar-refractivity contribution >= 4 is 11.7 Å². The molecule has 0 radical (unpaired) electrons. The highest BCUT2D eigenvalue weighted by atomic mass is 16.6. The second-order valence-electron chi connectivity index (χ2n) is 4.90. The van der Waals surface area contributed by atoms with Crippen LogP contribution in [0.3, 0.4) is 0 Å². The van der Waals surface area contributed by atoms with Gasteiger partial charge in [0.15, 0.2) is 5.60 Å². The summed E-state index contributed by atoms with van der Waals surface area (Å²) in [6.07, 6.45) is 0. The first-order chi connectivity index (χ1) is 9.70. The van der Waals surface area contributed by atoms with E-state index in [2.05, 4.69) is 4.99 Å². The van der Waals surface area contributed by atoms with Gasteiger partial charge in [0.2, 0.25) is 0 Å². The van der Waals surface area contributed by atoms with Gasteiger partial charge in [0.1, 0.15) is 6.54 Å². The summed E-state index contributed by atoms with van der Waals surface area (Å²) < 4.78 is 5.66. The van der Waals surface area contributed by atoms with Crippen LogP contribution < -0.4 is 0 Å². The van der Waals surface area contributed by atoms with Gasteiger partial charge in [0, 0.05) is 5.56 Å². The fraction of sp³-hybridized carbons (Fsp3) is 0.176. The second-order valence-corrected chi connectivity index (χ2v) is 4.90. The van der Waals surface area contributed by atoms with Crippen LogP contribution in [0.4, 0.5) is 0 Å². The molecule has 0 aliphatic carbocycles. The van der Waals surface area contributed by atoms with Crippen LogP contribution in [-0.2, 0) is 15.1 Å². The Morgan fingerprint density at radius 2 is 1.60 bits per heavy atom. The predicted molar refractivity (Wildman–Crippen MR) is 77.7 cm³/mol. The normalized spacial score (nSPS) is 22.1. The lowest BCUT2D eigenvalue weighted by atomic mass is 9.86. The molecule has 3 rings (SSSR count). The standard InChI is InChI=1S/C17H15NO2/c1-17(14-10-6-3-7-11-14)16(18-12-15(19)20-17)13-8-4-2-5-9-13/h2-11H,12H2,1H3/t17-/m0/s1. The average Bonchev–Trinajstić information content (AvgIpc) is 2.49. The van der Waals surface area contributed by atoms with Crippen molar-refractivity contribution < 1.29 is 9.53 Å². The molecule has 0 aromatic heterocycles. The first-order valence-electron chi connectivity index (χ1n) is 6.58. The quantitative estimate of drug-likeness (QED) is 0.783. The molecule has 0 saturated heterocycles. The Morgan fingerprint density at radius 3 is 2.25 bits per heavy atom. The van der Waals surface area contributed by atoms with Gasteiger partial charge in [-0.3, -0.25) is 9.79 Å². The number of ether oxygens (including phenoxy) is 1. The van der Waals surface area contributed by atoms with Crippen LogP contribution in [0.1, 0.15) is 18.1 Å². The van der Waals surface area contributed by atoms with Crippen LogP contribution in [0, 0.1) is 0 Å². The van der Waals surface area contributed by atoms with Gasteiger partial charge < -0.3 is 4.74 Å². The van der Waals surface area contributed by atoms with E-state index in [-0.39, 0.29) is 12.5 Å². The molecule has 2 aromatic rings. The second kappa shape index (κ2) is 4.93. The molecule has 0 N–H and O–H groups in total. The summed E-state index contributed by atoms with van der Waals surface area (Å²) in [6, 6.07) is 19.6. The van der Waals surface area contributed by atoms with Crippen molar-refractivity contribution in [2.75, 3.05) is 6.54 Å². The number of carbonyl (C=O) groups excluding carboxylic acids is 1. The highest BCUT2D eigenvalue weighted by Crippen LogP contribution is 2.32. The highest BCUT2D eigenvalue weighted by Gasteiger charge is 2.40. The molecule has 0 amide bonds. The lowest BCUT2D eigenvalue weighted by molar-refractivity contribution is -0.152. The van der Waals surface area contributed by atoms with Crippen molar-refractivity contribution in [3.63, 3.8) is 0 Å². The zero-order valence-corrected chi connectivity index (χ0v) is 11.2. The van der Waals surface area contributed by atoms with Crippen LogP contribution in [0.2, 0.25) is 0 Å². The number of esters is 1. The maximum Gasteiger partial charge on any atom is 0.328 e. The number of hydrogen-bond donors (Lipinski definition) is 0. The van der Waals surface area contributed by atoms with Gasteiger partial charge in [-0.05, 0) is 12.5 Å². The summed E-state index contributed by atoms with van der Waals surface area (Å²) in [5.41, 5.74) is 1.86. The molecule has 1 heterocycles. The van der Waals surface area contributed by atoms with Crippen LogP contribution in [0.25, 0.3) is 0 Å². The summed E-state index contributed by atoms with van der Waals surface area (Å²) in [7, 11) is 0. The molecule has 2 aromatic carbocycles. The lowest BCUT2D eigenvalue weighted by Crippen LogP contribution is -2.42. The molecular formula is C17H15NO2.